The molecule has 1 aliphatic heterocycles. The van der Waals surface area contributed by atoms with Gasteiger partial charge in [0.1, 0.15) is 11.6 Å². The molecule has 0 spiro atoms. The molecule has 1 aromatic heterocycles. The number of methoxy groups -OCH3 is 1. The van der Waals surface area contributed by atoms with Crippen LogP contribution < -0.4 is 10.1 Å². The van der Waals surface area contributed by atoms with Crippen LogP contribution in [0.5, 0.6) is 5.75 Å². The maximum Gasteiger partial charge on any atom is 0.317 e. The Labute approximate surface area is 186 Å². The zero-order valence-corrected chi connectivity index (χ0v) is 18.1. The lowest BCUT2D eigenvalue weighted by Crippen LogP contribution is -2.46. The second-order valence-electron chi connectivity index (χ2n) is 7.98. The van der Waals surface area contributed by atoms with Crippen LogP contribution in [0.4, 0.5) is 9.18 Å². The molecular weight excluding hydrogens is 411 g/mol. The summed E-state index contributed by atoms with van der Waals surface area (Å²) in [6, 6.07) is 14.1. The summed E-state index contributed by atoms with van der Waals surface area (Å²) in [5.41, 5.74) is 1.47. The Balaban J connectivity index is 1.26. The molecule has 32 heavy (non-hydrogen) atoms. The highest BCUT2D eigenvalue weighted by atomic mass is 19.1. The highest BCUT2D eigenvalue weighted by Crippen LogP contribution is 2.23. The zero-order valence-electron chi connectivity index (χ0n) is 18.1. The Kier molecular flexibility index (Phi) is 6.99. The van der Waals surface area contributed by atoms with Crippen molar-refractivity contribution in [1.29, 1.82) is 0 Å². The fraction of sp³-hybridized carbons (Fsp3) is 0.375. The van der Waals surface area contributed by atoms with Crippen LogP contribution in [0.25, 0.3) is 11.4 Å². The van der Waals surface area contributed by atoms with E-state index in [0.29, 0.717) is 31.0 Å². The maximum atomic E-state index is 13.9. The Morgan fingerprint density at radius 1 is 1.25 bits per heavy atom. The number of rotatable bonds is 7. The van der Waals surface area contributed by atoms with Gasteiger partial charge in [0.15, 0.2) is 0 Å². The Morgan fingerprint density at radius 3 is 2.84 bits per heavy atom. The first-order valence-corrected chi connectivity index (χ1v) is 10.9. The van der Waals surface area contributed by atoms with E-state index in [-0.39, 0.29) is 23.6 Å². The topological polar surface area (TPSA) is 80.5 Å². The molecule has 7 nitrogen and oxygen atoms in total. The van der Waals surface area contributed by atoms with Gasteiger partial charge in [-0.15, -0.1) is 0 Å². The van der Waals surface area contributed by atoms with Crippen molar-refractivity contribution in [3.8, 4) is 17.1 Å². The average Bonchev–Trinajstić information content (AvgIpc) is 3.28. The largest absolute Gasteiger partial charge is 0.497 e. The molecule has 0 unspecified atom stereocenters. The molecule has 1 N–H and O–H groups in total. The molecule has 1 saturated heterocycles. The Bertz CT molecular complexity index is 1040. The number of likely N-dealkylation sites (tertiary alicyclic amines) is 1. The number of halogens is 1. The van der Waals surface area contributed by atoms with E-state index in [1.807, 2.05) is 29.2 Å². The fourth-order valence-corrected chi connectivity index (χ4v) is 3.97. The van der Waals surface area contributed by atoms with E-state index in [1.54, 1.807) is 25.3 Å². The van der Waals surface area contributed by atoms with Gasteiger partial charge in [0, 0.05) is 26.1 Å². The summed E-state index contributed by atoms with van der Waals surface area (Å²) < 4.78 is 24.5. The molecule has 0 radical (unpaired) electrons. The zero-order chi connectivity index (χ0) is 22.3. The molecule has 2 amide bonds. The summed E-state index contributed by atoms with van der Waals surface area (Å²) in [5.74, 6) is 1.39. The minimum atomic E-state index is -0.380. The van der Waals surface area contributed by atoms with Crippen molar-refractivity contribution in [3.05, 3.63) is 65.8 Å². The normalized spacial score (nSPS) is 16.1. The van der Waals surface area contributed by atoms with Crippen LogP contribution in [-0.2, 0) is 12.8 Å². The summed E-state index contributed by atoms with van der Waals surface area (Å²) >= 11 is 0. The number of hydrogen-bond donors (Lipinski definition) is 1. The van der Waals surface area contributed by atoms with Crippen LogP contribution in [0, 0.1) is 11.7 Å². The first-order valence-electron chi connectivity index (χ1n) is 10.9. The number of piperidine rings is 1. The van der Waals surface area contributed by atoms with Crippen molar-refractivity contribution in [3.63, 3.8) is 0 Å². The van der Waals surface area contributed by atoms with Gasteiger partial charge in [-0.3, -0.25) is 0 Å². The van der Waals surface area contributed by atoms with Crippen LogP contribution in [0.2, 0.25) is 0 Å². The Morgan fingerprint density at radius 2 is 2.06 bits per heavy atom. The molecule has 2 heterocycles. The molecule has 168 valence electrons. The highest BCUT2D eigenvalue weighted by Gasteiger charge is 2.25. The summed E-state index contributed by atoms with van der Waals surface area (Å²) in [6.07, 6.45) is 3.23. The van der Waals surface area contributed by atoms with E-state index in [9.17, 15) is 9.18 Å². The molecule has 1 fully saturated rings. The number of carbonyl (C=O) groups is 1. The van der Waals surface area contributed by atoms with Crippen LogP contribution in [0.3, 0.4) is 0 Å². The number of nitrogens with one attached hydrogen (secondary N) is 1. The lowest BCUT2D eigenvalue weighted by atomic mass is 9.95. The molecule has 0 aliphatic carbocycles. The van der Waals surface area contributed by atoms with Gasteiger partial charge in [-0.1, -0.05) is 29.4 Å². The number of carbonyl (C=O) groups excluding carboxylic acids is 1. The second kappa shape index (κ2) is 10.3. The molecule has 1 atom stereocenters. The predicted molar refractivity (Wildman–Crippen MR) is 118 cm³/mol. The number of amides is 2. The van der Waals surface area contributed by atoms with Gasteiger partial charge in [0.05, 0.1) is 12.7 Å². The van der Waals surface area contributed by atoms with Crippen LogP contribution in [-0.4, -0.2) is 47.8 Å². The van der Waals surface area contributed by atoms with Crippen molar-refractivity contribution in [1.82, 2.24) is 20.4 Å². The van der Waals surface area contributed by atoms with Crippen LogP contribution >= 0.6 is 0 Å². The SMILES string of the molecule is COc1ccc(CCNC(=O)N2CCC[C@@H](Cc3nc(-c4ccccc4F)no3)C2)cc1. The van der Waals surface area contributed by atoms with Gasteiger partial charge >= 0.3 is 6.03 Å². The average molecular weight is 439 g/mol. The summed E-state index contributed by atoms with van der Waals surface area (Å²) in [7, 11) is 1.64. The predicted octanol–water partition coefficient (Wildman–Crippen LogP) is 4.09. The summed E-state index contributed by atoms with van der Waals surface area (Å²) in [6.45, 7) is 1.93. The third kappa shape index (κ3) is 5.43. The van der Waals surface area contributed by atoms with Crippen LogP contribution in [0.15, 0.2) is 53.1 Å². The second-order valence-corrected chi connectivity index (χ2v) is 7.98. The number of hydrogen-bond acceptors (Lipinski definition) is 5. The fourth-order valence-electron chi connectivity index (χ4n) is 3.97. The minimum Gasteiger partial charge on any atom is -0.497 e. The molecule has 1 aliphatic rings. The molecule has 3 aromatic rings. The third-order valence-electron chi connectivity index (χ3n) is 5.70. The smallest absolute Gasteiger partial charge is 0.317 e. The van der Waals surface area contributed by atoms with E-state index >= 15 is 0 Å². The molecular formula is C24H27FN4O3. The molecule has 8 heteroatoms. The van der Waals surface area contributed by atoms with Crippen molar-refractivity contribution < 1.29 is 18.4 Å². The van der Waals surface area contributed by atoms with Gasteiger partial charge in [-0.25, -0.2) is 9.18 Å². The van der Waals surface area contributed by atoms with Crippen molar-refractivity contribution in [2.45, 2.75) is 25.7 Å². The van der Waals surface area contributed by atoms with Gasteiger partial charge < -0.3 is 19.5 Å². The first-order chi connectivity index (χ1) is 15.6. The standard InChI is InChI=1S/C24H27FN4O3/c1-31-19-10-8-17(9-11-19)12-13-26-24(30)29-14-4-5-18(16-29)15-22-27-23(28-32-22)20-6-2-3-7-21(20)25/h2-3,6-11,18H,4-5,12-16H2,1H3,(H,26,30)/t18-/m0/s1. The van der Waals surface area contributed by atoms with Gasteiger partial charge in [-0.05, 0) is 55.0 Å². The van der Waals surface area contributed by atoms with Gasteiger partial charge in [0.2, 0.25) is 11.7 Å². The number of aromatic nitrogens is 2. The third-order valence-corrected chi connectivity index (χ3v) is 5.70. The maximum absolute atomic E-state index is 13.9. The summed E-state index contributed by atoms with van der Waals surface area (Å²) in [5, 5.41) is 6.93. The molecule has 0 bridgehead atoms. The van der Waals surface area contributed by atoms with Crippen LogP contribution in [0.1, 0.15) is 24.3 Å². The quantitative estimate of drug-likeness (QED) is 0.601. The van der Waals surface area contributed by atoms with Gasteiger partial charge in [0.25, 0.3) is 0 Å². The monoisotopic (exact) mass is 438 g/mol. The number of nitrogens with zero attached hydrogens (tertiary/aromatic N) is 3. The number of benzene rings is 2. The number of urea groups is 1. The lowest BCUT2D eigenvalue weighted by molar-refractivity contribution is 0.162. The van der Waals surface area contributed by atoms with E-state index in [1.165, 1.54) is 6.07 Å². The highest BCUT2D eigenvalue weighted by molar-refractivity contribution is 5.74. The Hall–Kier alpha value is -3.42. The lowest BCUT2D eigenvalue weighted by Gasteiger charge is -2.32. The van der Waals surface area contributed by atoms with Crippen molar-refractivity contribution in [2.24, 2.45) is 5.92 Å². The summed E-state index contributed by atoms with van der Waals surface area (Å²) in [4.78, 5) is 18.8. The van der Waals surface area contributed by atoms with Gasteiger partial charge in [-0.2, -0.15) is 4.98 Å². The van der Waals surface area contributed by atoms with E-state index in [2.05, 4.69) is 15.5 Å². The number of ether oxygens (including phenoxy) is 1. The molecule has 0 saturated carbocycles. The van der Waals surface area contributed by atoms with E-state index in [4.69, 9.17) is 9.26 Å². The van der Waals surface area contributed by atoms with Crippen molar-refractivity contribution in [2.75, 3.05) is 26.7 Å². The van der Waals surface area contributed by atoms with E-state index in [0.717, 1.165) is 37.1 Å². The minimum absolute atomic E-state index is 0.0548. The van der Waals surface area contributed by atoms with Crippen molar-refractivity contribution >= 4 is 6.03 Å². The first kappa shape index (κ1) is 21.8. The van der Waals surface area contributed by atoms with E-state index < -0.39 is 0 Å². The molecule has 4 rings (SSSR count). The molecule has 2 aromatic carbocycles.